The number of benzene rings is 2. The van der Waals surface area contributed by atoms with E-state index in [0.29, 0.717) is 29.4 Å². The molecule has 2 aromatic rings. The lowest BCUT2D eigenvalue weighted by molar-refractivity contribution is -0.121. The first kappa shape index (κ1) is 21.5. The first-order valence-electron chi connectivity index (χ1n) is 9.79. The van der Waals surface area contributed by atoms with Gasteiger partial charge in [0.25, 0.3) is 0 Å². The third-order valence-corrected chi connectivity index (χ3v) is 8.28. The van der Waals surface area contributed by atoms with E-state index in [9.17, 15) is 18.0 Å². The average molecular weight is 463 g/mol. The molecule has 10 heteroatoms. The molecule has 0 radical (unpaired) electrons. The van der Waals surface area contributed by atoms with Gasteiger partial charge in [-0.3, -0.25) is 9.59 Å². The topological polar surface area (TPSA) is 111 Å². The van der Waals surface area contributed by atoms with E-state index >= 15 is 0 Å². The van der Waals surface area contributed by atoms with E-state index in [1.54, 1.807) is 18.2 Å². The van der Waals surface area contributed by atoms with Crippen molar-refractivity contribution in [3.05, 3.63) is 42.0 Å². The zero-order chi connectivity index (χ0) is 22.0. The van der Waals surface area contributed by atoms with Crippen LogP contribution in [0.15, 0.2) is 46.2 Å². The Balaban J connectivity index is 1.39. The molecule has 2 aliphatic rings. The van der Waals surface area contributed by atoms with Crippen LogP contribution in [-0.2, 0) is 26.0 Å². The summed E-state index contributed by atoms with van der Waals surface area (Å²) in [5, 5.41) is 4.58. The quantitative estimate of drug-likeness (QED) is 0.679. The van der Waals surface area contributed by atoms with Gasteiger partial charge in [-0.25, -0.2) is 8.42 Å². The Morgan fingerprint density at radius 2 is 2.00 bits per heavy atom. The number of sulfone groups is 1. The minimum absolute atomic E-state index is 0.0881. The fraction of sp³-hybridized carbons (Fsp3) is 0.333. The highest BCUT2D eigenvalue weighted by Crippen LogP contribution is 2.34. The van der Waals surface area contributed by atoms with Crippen LogP contribution in [0.1, 0.15) is 25.3 Å². The molecule has 1 atom stereocenters. The van der Waals surface area contributed by atoms with E-state index in [2.05, 4.69) is 10.6 Å². The van der Waals surface area contributed by atoms with Gasteiger partial charge < -0.3 is 20.1 Å². The maximum Gasteiger partial charge on any atom is 0.231 e. The largest absolute Gasteiger partial charge is 0.454 e. The highest BCUT2D eigenvalue weighted by atomic mass is 32.2. The Morgan fingerprint density at radius 1 is 1.19 bits per heavy atom. The van der Waals surface area contributed by atoms with E-state index in [4.69, 9.17) is 9.47 Å². The molecule has 0 aromatic heterocycles. The number of hydrogen-bond acceptors (Lipinski definition) is 7. The minimum Gasteiger partial charge on any atom is -0.454 e. The highest BCUT2D eigenvalue weighted by molar-refractivity contribution is 7.99. The first-order valence-corrected chi connectivity index (χ1v) is 12.3. The molecule has 1 unspecified atom stereocenters. The van der Waals surface area contributed by atoms with E-state index in [-0.39, 0.29) is 36.5 Å². The molecule has 4 rings (SSSR count). The van der Waals surface area contributed by atoms with Gasteiger partial charge in [0, 0.05) is 30.0 Å². The molecule has 8 nitrogen and oxygen atoms in total. The van der Waals surface area contributed by atoms with Gasteiger partial charge in [-0.05, 0) is 42.8 Å². The third kappa shape index (κ3) is 4.80. The molecular weight excluding hydrogens is 440 g/mol. The molecule has 0 aliphatic carbocycles. The fourth-order valence-corrected chi connectivity index (χ4v) is 5.62. The number of carbonyl (C=O) groups excluding carboxylic acids is 2. The van der Waals surface area contributed by atoms with Crippen molar-refractivity contribution in [1.82, 2.24) is 5.32 Å². The molecule has 2 aromatic carbocycles. The van der Waals surface area contributed by atoms with Crippen molar-refractivity contribution in [3.63, 3.8) is 0 Å². The summed E-state index contributed by atoms with van der Waals surface area (Å²) in [4.78, 5) is 25.1. The van der Waals surface area contributed by atoms with Crippen LogP contribution in [0.5, 0.6) is 11.5 Å². The number of anilines is 1. The maximum atomic E-state index is 13.0. The molecule has 31 heavy (non-hydrogen) atoms. The highest BCUT2D eigenvalue weighted by Gasteiger charge is 2.27. The zero-order valence-corrected chi connectivity index (χ0v) is 18.5. The van der Waals surface area contributed by atoms with E-state index in [0.717, 1.165) is 10.5 Å². The van der Waals surface area contributed by atoms with Gasteiger partial charge in [-0.2, -0.15) is 0 Å². The van der Waals surface area contributed by atoms with Crippen molar-refractivity contribution >= 4 is 39.1 Å². The van der Waals surface area contributed by atoms with Crippen molar-refractivity contribution in [1.29, 1.82) is 0 Å². The number of amides is 2. The number of carbonyl (C=O) groups is 2. The molecule has 2 aliphatic heterocycles. The second-order valence-electron chi connectivity index (χ2n) is 7.33. The first-order chi connectivity index (χ1) is 14.8. The maximum absolute atomic E-state index is 13.0. The zero-order valence-electron chi connectivity index (χ0n) is 16.8. The fourth-order valence-electron chi connectivity index (χ4n) is 3.30. The summed E-state index contributed by atoms with van der Waals surface area (Å²) in [6.07, 6.45) is 0.201. The van der Waals surface area contributed by atoms with Crippen LogP contribution in [-0.4, -0.2) is 38.0 Å². The molecule has 2 N–H and O–H groups in total. The molecule has 0 saturated carbocycles. The molecule has 0 spiro atoms. The molecular formula is C21H22N2O6S2. The van der Waals surface area contributed by atoms with Gasteiger partial charge in [0.2, 0.25) is 18.6 Å². The van der Waals surface area contributed by atoms with Crippen LogP contribution >= 0.6 is 11.8 Å². The van der Waals surface area contributed by atoms with Gasteiger partial charge in [0.05, 0.1) is 15.8 Å². The Hall–Kier alpha value is -2.72. The smallest absolute Gasteiger partial charge is 0.231 e. The standard InChI is InChI=1S/C21H22N2O6S2/c1-13(8-21(25)22-11-14-2-4-17-18(9-14)29-12-28-17)31(26,27)15-3-5-19-16(10-15)23-20(24)6-7-30-19/h2-5,9-10,13H,6-8,11-12H2,1H3,(H,22,25)(H,23,24). The van der Waals surface area contributed by atoms with Crippen LogP contribution in [0.25, 0.3) is 0 Å². The van der Waals surface area contributed by atoms with E-state index < -0.39 is 15.1 Å². The van der Waals surface area contributed by atoms with Gasteiger partial charge in [0.15, 0.2) is 21.3 Å². The van der Waals surface area contributed by atoms with Crippen LogP contribution in [0.3, 0.4) is 0 Å². The second-order valence-corrected chi connectivity index (χ2v) is 10.8. The average Bonchev–Trinajstić information content (AvgIpc) is 3.12. The van der Waals surface area contributed by atoms with Crippen LogP contribution in [0.2, 0.25) is 0 Å². The minimum atomic E-state index is -3.75. The lowest BCUT2D eigenvalue weighted by atomic mass is 10.2. The van der Waals surface area contributed by atoms with Gasteiger partial charge >= 0.3 is 0 Å². The molecule has 0 fully saturated rings. The lowest BCUT2D eigenvalue weighted by Gasteiger charge is -2.15. The van der Waals surface area contributed by atoms with Gasteiger partial charge in [0.1, 0.15) is 0 Å². The predicted octanol–water partition coefficient (Wildman–Crippen LogP) is 2.72. The molecule has 0 saturated heterocycles. The van der Waals surface area contributed by atoms with E-state index in [1.165, 1.54) is 30.8 Å². The van der Waals surface area contributed by atoms with Crippen molar-refractivity contribution in [2.45, 2.75) is 41.4 Å². The SMILES string of the molecule is CC(CC(=O)NCc1ccc2c(c1)OCO2)S(=O)(=O)c1ccc2c(c1)NC(=O)CCS2. The predicted molar refractivity (Wildman–Crippen MR) is 116 cm³/mol. The van der Waals surface area contributed by atoms with Crippen LogP contribution in [0.4, 0.5) is 5.69 Å². The van der Waals surface area contributed by atoms with Crippen molar-refractivity contribution in [2.75, 3.05) is 17.9 Å². The second kappa shape index (κ2) is 8.80. The Labute approximate surface area is 184 Å². The number of nitrogens with one attached hydrogen (secondary N) is 2. The summed E-state index contributed by atoms with van der Waals surface area (Å²) in [6, 6.07) is 10.1. The number of hydrogen-bond donors (Lipinski definition) is 2. The lowest BCUT2D eigenvalue weighted by Crippen LogP contribution is -2.29. The molecule has 2 heterocycles. The van der Waals surface area contributed by atoms with Crippen molar-refractivity contribution in [2.24, 2.45) is 0 Å². The number of rotatable bonds is 6. The Morgan fingerprint density at radius 3 is 2.84 bits per heavy atom. The van der Waals surface area contributed by atoms with Gasteiger partial charge in [-0.15, -0.1) is 11.8 Å². The normalized spacial score (nSPS) is 16.1. The van der Waals surface area contributed by atoms with Crippen LogP contribution in [0, 0.1) is 0 Å². The Kier molecular flexibility index (Phi) is 6.10. The molecule has 2 amide bonds. The monoisotopic (exact) mass is 462 g/mol. The molecule has 164 valence electrons. The summed E-state index contributed by atoms with van der Waals surface area (Å²) < 4.78 is 36.6. The Bertz CT molecular complexity index is 1130. The van der Waals surface area contributed by atoms with Crippen molar-refractivity contribution < 1.29 is 27.5 Å². The summed E-state index contributed by atoms with van der Waals surface area (Å²) in [7, 11) is -3.75. The third-order valence-electron chi connectivity index (χ3n) is 5.07. The van der Waals surface area contributed by atoms with E-state index in [1.807, 2.05) is 6.07 Å². The number of thioether (sulfide) groups is 1. The molecule has 0 bridgehead atoms. The van der Waals surface area contributed by atoms with Crippen molar-refractivity contribution in [3.8, 4) is 11.5 Å². The summed E-state index contributed by atoms with van der Waals surface area (Å²) in [5.41, 5.74) is 1.32. The van der Waals surface area contributed by atoms with Gasteiger partial charge in [-0.1, -0.05) is 6.07 Å². The number of fused-ring (bicyclic) bond motifs is 2. The summed E-state index contributed by atoms with van der Waals surface area (Å²) >= 11 is 1.50. The number of ether oxygens (including phenoxy) is 2. The summed E-state index contributed by atoms with van der Waals surface area (Å²) in [5.74, 6) is 1.41. The summed E-state index contributed by atoms with van der Waals surface area (Å²) in [6.45, 7) is 1.93. The van der Waals surface area contributed by atoms with Crippen LogP contribution < -0.4 is 20.1 Å².